The Balaban J connectivity index is 1.50. The van der Waals surface area contributed by atoms with Crippen molar-refractivity contribution in [3.8, 4) is 17.2 Å². The van der Waals surface area contributed by atoms with Gasteiger partial charge in [0.25, 0.3) is 0 Å². The maximum Gasteiger partial charge on any atom is 0.584 e. The Morgan fingerprint density at radius 3 is 2.14 bits per heavy atom. The van der Waals surface area contributed by atoms with E-state index in [0.717, 1.165) is 24.8 Å². The molecule has 10 heteroatoms. The molecule has 0 saturated heterocycles. The fraction of sp³-hybridized carbons (Fsp3) is 0.515. The topological polar surface area (TPSA) is 95.2 Å². The van der Waals surface area contributed by atoms with E-state index in [4.69, 9.17) is 18.5 Å². The van der Waals surface area contributed by atoms with E-state index in [-0.39, 0.29) is 22.8 Å². The first-order valence-electron chi connectivity index (χ1n) is 15.4. The Labute approximate surface area is 260 Å². The number of aryl methyl sites for hydroxylation is 1. The van der Waals surface area contributed by atoms with E-state index in [1.807, 2.05) is 29.3 Å². The number of benzene rings is 2. The number of unbranched alkanes of at least 4 members (excludes halogenated alkanes) is 11. The number of phosphoric acid groups is 1. The van der Waals surface area contributed by atoms with E-state index in [1.165, 1.54) is 75.8 Å². The molecule has 0 aliphatic rings. The lowest BCUT2D eigenvalue weighted by atomic mass is 10.1. The summed E-state index contributed by atoms with van der Waals surface area (Å²) in [6.45, 7) is 5.27. The van der Waals surface area contributed by atoms with Crippen LogP contribution < -0.4 is 18.4 Å². The summed E-state index contributed by atoms with van der Waals surface area (Å²) in [5, 5.41) is 0. The summed E-state index contributed by atoms with van der Waals surface area (Å²) < 4.78 is 36.6. The van der Waals surface area contributed by atoms with Gasteiger partial charge in [-0.3, -0.25) is 4.89 Å². The van der Waals surface area contributed by atoms with Gasteiger partial charge in [-0.1, -0.05) is 107 Å². The van der Waals surface area contributed by atoms with Gasteiger partial charge in [0.1, 0.15) is 17.1 Å². The molecule has 1 heterocycles. The van der Waals surface area contributed by atoms with Gasteiger partial charge in [0, 0.05) is 5.56 Å². The van der Waals surface area contributed by atoms with Crippen LogP contribution in [-0.4, -0.2) is 24.6 Å². The Hall–Kier alpha value is -2.87. The zero-order valence-corrected chi connectivity index (χ0v) is 27.5. The highest BCUT2D eigenvalue weighted by molar-refractivity contribution is 7.48. The number of phosphoric ester groups is 1. The van der Waals surface area contributed by atoms with E-state index >= 15 is 0 Å². The Morgan fingerprint density at radius 2 is 1.51 bits per heavy atom. The van der Waals surface area contributed by atoms with Crippen molar-refractivity contribution in [2.45, 2.75) is 97.4 Å². The van der Waals surface area contributed by atoms with Crippen molar-refractivity contribution >= 4 is 25.1 Å². The summed E-state index contributed by atoms with van der Waals surface area (Å²) in [7, 11) is -3.42. The highest BCUT2D eigenvalue weighted by Gasteiger charge is 2.30. The number of thiazole rings is 1. The molecule has 2 aromatic carbocycles. The second kappa shape index (κ2) is 18.7. The van der Waals surface area contributed by atoms with Crippen molar-refractivity contribution in [1.29, 1.82) is 0 Å². The summed E-state index contributed by atoms with van der Waals surface area (Å²) >= 11 is 1.64. The van der Waals surface area contributed by atoms with E-state index in [0.29, 0.717) is 13.2 Å². The third-order valence-corrected chi connectivity index (χ3v) is 8.78. The number of carbonyl (C=O) groups is 1. The minimum absolute atomic E-state index is 0.0557. The lowest BCUT2D eigenvalue weighted by Gasteiger charge is -2.18. The number of ether oxygens (including phenoxy) is 2. The van der Waals surface area contributed by atoms with Crippen LogP contribution in [0.4, 0.5) is 0 Å². The van der Waals surface area contributed by atoms with Crippen LogP contribution in [0.5, 0.6) is 17.2 Å². The van der Waals surface area contributed by atoms with Gasteiger partial charge in [-0.2, -0.15) is 4.57 Å². The molecule has 0 aliphatic heterocycles. The molecule has 0 saturated carbocycles. The standard InChI is InChI=1S/C33H46NO7PS/c1-4-5-6-7-8-9-10-11-12-13-14-15-22-39-30-20-17-21-31(32(30)33(35)38-3)41-42(36,37)40-29-19-16-18-28(23-29)25-34-24-27(2)43-26-34/h16-21,23-24,26H,4-15,22,25H2,1-3H3/p+1. The molecule has 0 radical (unpaired) electrons. The first-order chi connectivity index (χ1) is 20.8. The largest absolute Gasteiger partial charge is 0.584 e. The monoisotopic (exact) mass is 632 g/mol. The quantitative estimate of drug-likeness (QED) is 0.0543. The Morgan fingerprint density at radius 1 is 0.884 bits per heavy atom. The van der Waals surface area contributed by atoms with Gasteiger partial charge in [-0.15, -0.1) is 0 Å². The Bertz CT molecular complexity index is 1310. The van der Waals surface area contributed by atoms with Crippen LogP contribution in [0.2, 0.25) is 0 Å². The predicted molar refractivity (Wildman–Crippen MR) is 170 cm³/mol. The van der Waals surface area contributed by atoms with Gasteiger partial charge >= 0.3 is 13.8 Å². The van der Waals surface area contributed by atoms with Crippen LogP contribution >= 0.6 is 19.2 Å². The van der Waals surface area contributed by atoms with Crippen LogP contribution in [0, 0.1) is 6.92 Å². The van der Waals surface area contributed by atoms with Gasteiger partial charge < -0.3 is 18.5 Å². The van der Waals surface area contributed by atoms with Crippen LogP contribution in [0.1, 0.15) is 105 Å². The zero-order valence-electron chi connectivity index (χ0n) is 25.8. The van der Waals surface area contributed by atoms with E-state index < -0.39 is 13.8 Å². The molecule has 3 rings (SSSR count). The predicted octanol–water partition coefficient (Wildman–Crippen LogP) is 8.82. The van der Waals surface area contributed by atoms with Crippen molar-refractivity contribution in [3.05, 3.63) is 70.2 Å². The lowest BCUT2D eigenvalue weighted by molar-refractivity contribution is -0.683. The molecule has 0 amide bonds. The molecule has 0 spiro atoms. The number of methoxy groups -OCH3 is 1. The molecule has 1 aromatic heterocycles. The van der Waals surface area contributed by atoms with Crippen molar-refractivity contribution in [2.24, 2.45) is 0 Å². The fourth-order valence-corrected chi connectivity index (χ4v) is 6.30. The van der Waals surface area contributed by atoms with Crippen LogP contribution in [0.25, 0.3) is 0 Å². The summed E-state index contributed by atoms with van der Waals surface area (Å²) in [6.07, 6.45) is 16.9. The van der Waals surface area contributed by atoms with Crippen LogP contribution in [-0.2, 0) is 15.8 Å². The summed E-state index contributed by atoms with van der Waals surface area (Å²) in [4.78, 5) is 24.4. The highest BCUT2D eigenvalue weighted by atomic mass is 32.1. The molecule has 0 fully saturated rings. The van der Waals surface area contributed by atoms with Crippen LogP contribution in [0.3, 0.4) is 0 Å². The summed E-state index contributed by atoms with van der Waals surface area (Å²) in [5.41, 5.74) is 2.84. The zero-order chi connectivity index (χ0) is 30.9. The van der Waals surface area contributed by atoms with Crippen molar-refractivity contribution in [1.82, 2.24) is 0 Å². The molecule has 0 bridgehead atoms. The van der Waals surface area contributed by atoms with E-state index in [2.05, 4.69) is 6.92 Å². The third kappa shape index (κ3) is 12.7. The van der Waals surface area contributed by atoms with Gasteiger partial charge in [0.15, 0.2) is 18.5 Å². The first-order valence-corrected chi connectivity index (χ1v) is 17.8. The lowest BCUT2D eigenvalue weighted by Crippen LogP contribution is -2.30. The minimum Gasteiger partial charge on any atom is -0.493 e. The number of rotatable bonds is 21. The molecule has 1 unspecified atom stereocenters. The number of aromatic nitrogens is 1. The van der Waals surface area contributed by atoms with Gasteiger partial charge in [-0.05, 0) is 37.6 Å². The molecule has 236 valence electrons. The van der Waals surface area contributed by atoms with Gasteiger partial charge in [0.05, 0.1) is 18.6 Å². The maximum absolute atomic E-state index is 13.0. The number of hydrogen-bond acceptors (Lipinski definition) is 7. The SMILES string of the molecule is CCCCCCCCCCCCCCOc1cccc(OP(=O)(O)Oc2cccc(C[n+]3csc(C)c3)c2)c1C(=O)OC. The summed E-state index contributed by atoms with van der Waals surface area (Å²) in [6, 6.07) is 11.5. The normalized spacial score (nSPS) is 12.5. The fourth-order valence-electron chi connectivity index (χ4n) is 4.85. The average Bonchev–Trinajstić information content (AvgIpc) is 3.39. The number of carbonyl (C=O) groups excluding carboxylic acids is 1. The third-order valence-electron chi connectivity index (χ3n) is 7.05. The summed E-state index contributed by atoms with van der Waals surface area (Å²) in [5.74, 6) is -0.469. The molecular formula is C33H47NO7PS+. The second-order valence-corrected chi connectivity index (χ2v) is 13.2. The van der Waals surface area contributed by atoms with Gasteiger partial charge in [-0.25, -0.2) is 9.36 Å². The molecular weight excluding hydrogens is 585 g/mol. The first kappa shape index (κ1) is 34.6. The highest BCUT2D eigenvalue weighted by Crippen LogP contribution is 2.46. The van der Waals surface area contributed by atoms with E-state index in [1.54, 1.807) is 41.7 Å². The molecule has 3 aromatic rings. The van der Waals surface area contributed by atoms with Crippen molar-refractivity contribution in [2.75, 3.05) is 13.7 Å². The Kier molecular flexibility index (Phi) is 15.1. The molecule has 43 heavy (non-hydrogen) atoms. The van der Waals surface area contributed by atoms with Crippen molar-refractivity contribution in [3.63, 3.8) is 0 Å². The molecule has 1 atom stereocenters. The van der Waals surface area contributed by atoms with E-state index in [9.17, 15) is 14.3 Å². The molecule has 0 aliphatic carbocycles. The smallest absolute Gasteiger partial charge is 0.493 e. The molecule has 1 N–H and O–H groups in total. The van der Waals surface area contributed by atoms with Gasteiger partial charge in [0.2, 0.25) is 5.51 Å². The maximum atomic E-state index is 13.0. The van der Waals surface area contributed by atoms with Crippen LogP contribution in [0.15, 0.2) is 54.2 Å². The number of nitrogens with zero attached hydrogens (tertiary/aromatic N) is 1. The second-order valence-electron chi connectivity index (χ2n) is 10.8. The molecule has 8 nitrogen and oxygen atoms in total. The number of esters is 1. The average molecular weight is 633 g/mol. The number of hydrogen-bond donors (Lipinski definition) is 1. The minimum atomic E-state index is -4.66. The van der Waals surface area contributed by atoms with Crippen molar-refractivity contribution < 1.29 is 37.3 Å².